The van der Waals surface area contributed by atoms with Gasteiger partial charge in [0.15, 0.2) is 17.1 Å². The molecule has 4 rings (SSSR count). The van der Waals surface area contributed by atoms with Crippen molar-refractivity contribution in [1.29, 1.82) is 0 Å². The van der Waals surface area contributed by atoms with E-state index in [-0.39, 0.29) is 11.3 Å². The Morgan fingerprint density at radius 1 is 1.26 bits per heavy atom. The Morgan fingerprint density at radius 2 is 2.10 bits per heavy atom. The summed E-state index contributed by atoms with van der Waals surface area (Å²) in [5.74, 6) is -2.09. The van der Waals surface area contributed by atoms with Gasteiger partial charge in [0.2, 0.25) is 6.86 Å². The van der Waals surface area contributed by atoms with Gasteiger partial charge in [0.05, 0.1) is 17.3 Å². The Kier molecular flexibility index (Phi) is 5.48. The first-order chi connectivity index (χ1) is 15.0. The van der Waals surface area contributed by atoms with Crippen LogP contribution in [0.25, 0.3) is 11.1 Å². The van der Waals surface area contributed by atoms with Gasteiger partial charge in [-0.2, -0.15) is 0 Å². The van der Waals surface area contributed by atoms with Crippen LogP contribution in [0.1, 0.15) is 33.2 Å². The molecule has 0 radical (unpaired) electrons. The maximum atomic E-state index is 14.4. The number of halogens is 2. The van der Waals surface area contributed by atoms with Crippen molar-refractivity contribution in [3.8, 4) is 5.75 Å². The maximum Gasteiger partial charge on any atom is 0.417 e. The van der Waals surface area contributed by atoms with Crippen molar-refractivity contribution in [2.45, 2.75) is 13.0 Å². The highest BCUT2D eigenvalue weighted by molar-refractivity contribution is 5.97. The molecule has 0 saturated heterocycles. The summed E-state index contributed by atoms with van der Waals surface area (Å²) < 4.78 is 36.4. The predicted octanol–water partition coefficient (Wildman–Crippen LogP) is 3.79. The molecule has 2 N–H and O–H groups in total. The minimum absolute atomic E-state index is 0.233. The Morgan fingerprint density at radius 3 is 2.84 bits per heavy atom. The first kappa shape index (κ1) is 20.3. The minimum atomic E-state index is -1.16. The van der Waals surface area contributed by atoms with Crippen LogP contribution in [0.3, 0.4) is 0 Å². The molecule has 0 bridgehead atoms. The Labute approximate surface area is 174 Å². The van der Waals surface area contributed by atoms with Crippen molar-refractivity contribution in [3.05, 3.63) is 93.5 Å². The molecule has 7 nitrogen and oxygen atoms in total. The molecule has 2 aromatic carbocycles. The number of nitrogens with zero attached hydrogens (tertiary/aromatic N) is 1. The Bertz CT molecular complexity index is 1320. The maximum absolute atomic E-state index is 14.4. The summed E-state index contributed by atoms with van der Waals surface area (Å²) in [6.45, 7) is 0.662. The number of aryl methyl sites for hydroxylation is 1. The highest BCUT2D eigenvalue weighted by Gasteiger charge is 2.22. The second-order valence-electron chi connectivity index (χ2n) is 6.78. The van der Waals surface area contributed by atoms with Gasteiger partial charge in [-0.15, -0.1) is 0 Å². The number of fused-ring (bicyclic) bond motifs is 1. The number of aromatic nitrogens is 2. The third kappa shape index (κ3) is 4.16. The first-order valence-electron chi connectivity index (χ1n) is 9.29. The summed E-state index contributed by atoms with van der Waals surface area (Å²) in [4.78, 5) is 31.2. The number of H-pyrrole nitrogens is 1. The SMILES string of the molecule is Cc1cccnc1[C@@H](NC(=O)c1ccc2oc(=O)[nH]c2c1)c1ccc(OCF)c(F)c1. The zero-order valence-electron chi connectivity index (χ0n) is 16.3. The lowest BCUT2D eigenvalue weighted by molar-refractivity contribution is 0.0942. The molecule has 158 valence electrons. The molecule has 0 aliphatic rings. The molecule has 0 unspecified atom stereocenters. The monoisotopic (exact) mass is 425 g/mol. The van der Waals surface area contributed by atoms with Crippen LogP contribution in [0.2, 0.25) is 0 Å². The number of carbonyl (C=O) groups excluding carboxylic acids is 1. The van der Waals surface area contributed by atoms with E-state index in [4.69, 9.17) is 4.42 Å². The van der Waals surface area contributed by atoms with E-state index < -0.39 is 30.4 Å². The molecule has 1 atom stereocenters. The van der Waals surface area contributed by atoms with E-state index in [0.29, 0.717) is 22.4 Å². The summed E-state index contributed by atoms with van der Waals surface area (Å²) in [7, 11) is 0. The van der Waals surface area contributed by atoms with Gasteiger partial charge in [-0.05, 0) is 54.4 Å². The number of hydrogen-bond donors (Lipinski definition) is 2. The van der Waals surface area contributed by atoms with Gasteiger partial charge in [0.1, 0.15) is 0 Å². The van der Waals surface area contributed by atoms with Gasteiger partial charge in [-0.25, -0.2) is 13.6 Å². The normalized spacial score (nSPS) is 12.0. The number of carbonyl (C=O) groups is 1. The van der Waals surface area contributed by atoms with Gasteiger partial charge in [0.25, 0.3) is 5.91 Å². The molecule has 4 aromatic rings. The molecule has 9 heteroatoms. The van der Waals surface area contributed by atoms with Crippen LogP contribution in [0.15, 0.2) is 63.9 Å². The summed E-state index contributed by atoms with van der Waals surface area (Å²) >= 11 is 0. The van der Waals surface area contributed by atoms with Gasteiger partial charge < -0.3 is 14.5 Å². The fraction of sp³-hybridized carbons (Fsp3) is 0.136. The van der Waals surface area contributed by atoms with Crippen LogP contribution >= 0.6 is 0 Å². The summed E-state index contributed by atoms with van der Waals surface area (Å²) in [6, 6.07) is 11.3. The van der Waals surface area contributed by atoms with Gasteiger partial charge in [0, 0.05) is 11.8 Å². The topological polar surface area (TPSA) is 97.2 Å². The number of amides is 1. The van der Waals surface area contributed by atoms with Crippen LogP contribution < -0.4 is 15.8 Å². The van der Waals surface area contributed by atoms with Crippen LogP contribution in [-0.4, -0.2) is 22.7 Å². The minimum Gasteiger partial charge on any atom is -0.460 e. The van der Waals surface area contributed by atoms with Gasteiger partial charge >= 0.3 is 5.76 Å². The number of alkyl halides is 1. The van der Waals surface area contributed by atoms with Crippen LogP contribution in [0, 0.1) is 12.7 Å². The largest absolute Gasteiger partial charge is 0.460 e. The smallest absolute Gasteiger partial charge is 0.417 e. The van der Waals surface area contributed by atoms with Crippen LogP contribution in [0.4, 0.5) is 8.78 Å². The lowest BCUT2D eigenvalue weighted by Crippen LogP contribution is -2.30. The third-order valence-corrected chi connectivity index (χ3v) is 4.78. The average Bonchev–Trinajstić information content (AvgIpc) is 3.13. The molecule has 0 aliphatic carbocycles. The highest BCUT2D eigenvalue weighted by atomic mass is 19.1. The molecule has 2 aromatic heterocycles. The van der Waals surface area contributed by atoms with E-state index in [1.54, 1.807) is 12.3 Å². The van der Waals surface area contributed by atoms with Crippen molar-refractivity contribution in [1.82, 2.24) is 15.3 Å². The van der Waals surface area contributed by atoms with E-state index in [9.17, 15) is 18.4 Å². The average molecular weight is 425 g/mol. The number of aromatic amines is 1. The molecular weight excluding hydrogens is 408 g/mol. The third-order valence-electron chi connectivity index (χ3n) is 4.78. The fourth-order valence-corrected chi connectivity index (χ4v) is 3.29. The van der Waals surface area contributed by atoms with E-state index in [1.165, 1.54) is 36.4 Å². The van der Waals surface area contributed by atoms with Crippen molar-refractivity contribution in [3.63, 3.8) is 0 Å². The zero-order valence-corrected chi connectivity index (χ0v) is 16.3. The Balaban J connectivity index is 1.72. The lowest BCUT2D eigenvalue weighted by Gasteiger charge is -2.21. The number of rotatable bonds is 6. The van der Waals surface area contributed by atoms with E-state index in [0.717, 1.165) is 5.56 Å². The first-order valence-corrected chi connectivity index (χ1v) is 9.29. The lowest BCUT2D eigenvalue weighted by atomic mass is 9.99. The molecule has 2 heterocycles. The number of hydrogen-bond acceptors (Lipinski definition) is 5. The summed E-state index contributed by atoms with van der Waals surface area (Å²) in [5.41, 5.74) is 2.67. The molecule has 0 spiro atoms. The fourth-order valence-electron chi connectivity index (χ4n) is 3.29. The molecule has 31 heavy (non-hydrogen) atoms. The number of oxazole rings is 1. The number of benzene rings is 2. The van der Waals surface area contributed by atoms with Crippen LogP contribution in [-0.2, 0) is 0 Å². The standard InChI is InChI=1S/C22H17F2N3O4/c1-12-3-2-8-25-19(12)20(13-4-6-17(30-11-23)15(24)9-13)27-21(28)14-5-7-18-16(10-14)26-22(29)31-18/h2-10,20H,11H2,1H3,(H,26,29)(H,27,28)/t20-/m0/s1. The quantitative estimate of drug-likeness (QED) is 0.490. The summed E-state index contributed by atoms with van der Waals surface area (Å²) in [5, 5.41) is 2.85. The van der Waals surface area contributed by atoms with E-state index >= 15 is 0 Å². The number of pyridine rings is 1. The van der Waals surface area contributed by atoms with Gasteiger partial charge in [-0.3, -0.25) is 14.8 Å². The summed E-state index contributed by atoms with van der Waals surface area (Å²) in [6.07, 6.45) is 1.57. The van der Waals surface area contributed by atoms with Crippen LogP contribution in [0.5, 0.6) is 5.75 Å². The zero-order chi connectivity index (χ0) is 22.0. The van der Waals surface area contributed by atoms with Crippen molar-refractivity contribution in [2.75, 3.05) is 6.86 Å². The second kappa shape index (κ2) is 8.39. The molecule has 0 aliphatic heterocycles. The molecule has 1 amide bonds. The highest BCUT2D eigenvalue weighted by Crippen LogP contribution is 2.28. The molecule has 0 fully saturated rings. The van der Waals surface area contributed by atoms with Crippen molar-refractivity contribution < 1.29 is 22.7 Å². The van der Waals surface area contributed by atoms with E-state index in [2.05, 4.69) is 20.0 Å². The Hall–Kier alpha value is -4.01. The number of ether oxygens (including phenoxy) is 1. The predicted molar refractivity (Wildman–Crippen MR) is 108 cm³/mol. The van der Waals surface area contributed by atoms with Gasteiger partial charge in [-0.1, -0.05) is 12.1 Å². The van der Waals surface area contributed by atoms with Crippen molar-refractivity contribution in [2.24, 2.45) is 0 Å². The van der Waals surface area contributed by atoms with E-state index in [1.807, 2.05) is 13.0 Å². The molecule has 0 saturated carbocycles. The molecular formula is C22H17F2N3O4. The second-order valence-corrected chi connectivity index (χ2v) is 6.78. The van der Waals surface area contributed by atoms with Crippen molar-refractivity contribution >= 4 is 17.0 Å². The number of nitrogens with one attached hydrogen (secondary N) is 2.